The number of ether oxygens (including phenoxy) is 1. The molecule has 1 aliphatic heterocycles. The zero-order valence-electron chi connectivity index (χ0n) is 18.1. The lowest BCUT2D eigenvalue weighted by molar-refractivity contribution is 0.0416. The zero-order valence-corrected chi connectivity index (χ0v) is 18.1. The van der Waals surface area contributed by atoms with Crippen molar-refractivity contribution in [1.82, 2.24) is 10.2 Å². The molecule has 3 amide bonds. The first-order valence-electron chi connectivity index (χ1n) is 10.4. The van der Waals surface area contributed by atoms with Crippen LogP contribution in [0.3, 0.4) is 0 Å². The summed E-state index contributed by atoms with van der Waals surface area (Å²) in [4.78, 5) is 27.4. The molecule has 31 heavy (non-hydrogen) atoms. The van der Waals surface area contributed by atoms with Crippen LogP contribution in [0, 0.1) is 5.92 Å². The smallest absolute Gasteiger partial charge is 0.323 e. The molecule has 1 heterocycles. The molecule has 1 aliphatic rings. The van der Waals surface area contributed by atoms with Crippen LogP contribution in [0.15, 0.2) is 48.5 Å². The minimum absolute atomic E-state index is 0.0630. The van der Waals surface area contributed by atoms with Gasteiger partial charge in [0.25, 0.3) is 5.91 Å². The molecule has 0 bridgehead atoms. The molecular formula is C23H30N4O4. The molecule has 0 unspecified atom stereocenters. The van der Waals surface area contributed by atoms with Gasteiger partial charge < -0.3 is 30.7 Å². The average Bonchev–Trinajstić information content (AvgIpc) is 2.76. The highest BCUT2D eigenvalue weighted by molar-refractivity contribution is 6.02. The van der Waals surface area contributed by atoms with Gasteiger partial charge in [0, 0.05) is 30.4 Å². The highest BCUT2D eigenvalue weighted by Crippen LogP contribution is 2.30. The summed E-state index contributed by atoms with van der Waals surface area (Å²) in [6.45, 7) is 4.79. The molecule has 0 spiro atoms. The van der Waals surface area contributed by atoms with Crippen LogP contribution in [0.1, 0.15) is 24.2 Å². The fourth-order valence-corrected chi connectivity index (χ4v) is 3.56. The number of benzene rings is 2. The highest BCUT2D eigenvalue weighted by Gasteiger charge is 2.32. The van der Waals surface area contributed by atoms with Gasteiger partial charge in [-0.05, 0) is 44.3 Å². The maximum Gasteiger partial charge on any atom is 0.323 e. The van der Waals surface area contributed by atoms with Crippen LogP contribution in [0.2, 0.25) is 0 Å². The van der Waals surface area contributed by atoms with Gasteiger partial charge in [0.1, 0.15) is 11.9 Å². The van der Waals surface area contributed by atoms with Crippen LogP contribution in [-0.2, 0) is 0 Å². The summed E-state index contributed by atoms with van der Waals surface area (Å²) in [5.41, 5.74) is 1.49. The molecule has 0 saturated heterocycles. The van der Waals surface area contributed by atoms with Gasteiger partial charge in [0.2, 0.25) is 0 Å². The SMILES string of the molecule is CNC[C@H]1Oc2ccc(NC(=O)Nc3ccccc3)cc2C(=O)N([C@@H](C)CO)C[C@@H]1C. The molecule has 8 heteroatoms. The van der Waals surface area contributed by atoms with Crippen molar-refractivity contribution in [3.8, 4) is 5.75 Å². The fraction of sp³-hybridized carbons (Fsp3) is 0.391. The van der Waals surface area contributed by atoms with E-state index >= 15 is 0 Å². The van der Waals surface area contributed by atoms with Crippen LogP contribution in [-0.4, -0.2) is 60.8 Å². The lowest BCUT2D eigenvalue weighted by Gasteiger charge is -2.37. The number of carbonyl (C=O) groups excluding carboxylic acids is 2. The van der Waals surface area contributed by atoms with Crippen molar-refractivity contribution in [3.05, 3.63) is 54.1 Å². The van der Waals surface area contributed by atoms with Crippen LogP contribution >= 0.6 is 0 Å². The fourth-order valence-electron chi connectivity index (χ4n) is 3.56. The molecule has 8 nitrogen and oxygen atoms in total. The maximum absolute atomic E-state index is 13.3. The minimum atomic E-state index is -0.410. The minimum Gasteiger partial charge on any atom is -0.488 e. The van der Waals surface area contributed by atoms with Gasteiger partial charge in [-0.25, -0.2) is 4.79 Å². The van der Waals surface area contributed by atoms with E-state index in [1.54, 1.807) is 35.2 Å². The number of aliphatic hydroxyl groups is 1. The van der Waals surface area contributed by atoms with Gasteiger partial charge in [-0.3, -0.25) is 4.79 Å². The summed E-state index contributed by atoms with van der Waals surface area (Å²) in [6.07, 6.45) is -0.148. The number of aliphatic hydroxyl groups excluding tert-OH is 1. The standard InChI is InChI=1S/C23H30N4O4/c1-15-13-27(16(2)14-28)22(29)19-11-18(9-10-20(19)31-21(15)12-24-3)26-23(30)25-17-7-5-4-6-8-17/h4-11,15-16,21,24,28H,12-14H2,1-3H3,(H2,25,26,30)/t15-,16-,21+/m0/s1. The number of rotatable bonds is 6. The molecule has 3 rings (SSSR count). The molecule has 0 saturated carbocycles. The van der Waals surface area contributed by atoms with E-state index in [-0.39, 0.29) is 30.6 Å². The van der Waals surface area contributed by atoms with E-state index < -0.39 is 6.03 Å². The number of carbonyl (C=O) groups is 2. The topological polar surface area (TPSA) is 103 Å². The number of nitrogens with one attached hydrogen (secondary N) is 3. The number of hydrogen-bond donors (Lipinski definition) is 4. The van der Waals surface area contributed by atoms with Gasteiger partial charge in [0.15, 0.2) is 0 Å². The Labute approximate surface area is 182 Å². The first-order valence-corrected chi connectivity index (χ1v) is 10.4. The van der Waals surface area contributed by atoms with E-state index in [1.165, 1.54) is 0 Å². The average molecular weight is 427 g/mol. The number of hydrogen-bond acceptors (Lipinski definition) is 5. The van der Waals surface area contributed by atoms with Crippen molar-refractivity contribution >= 4 is 23.3 Å². The summed E-state index contributed by atoms with van der Waals surface area (Å²) in [6, 6.07) is 13.4. The van der Waals surface area contributed by atoms with Crippen molar-refractivity contribution in [3.63, 3.8) is 0 Å². The molecule has 3 atom stereocenters. The molecule has 0 aromatic heterocycles. The molecule has 0 fully saturated rings. The quantitative estimate of drug-likeness (QED) is 0.569. The van der Waals surface area contributed by atoms with E-state index in [9.17, 15) is 14.7 Å². The van der Waals surface area contributed by atoms with E-state index in [4.69, 9.17) is 4.74 Å². The Morgan fingerprint density at radius 1 is 1.19 bits per heavy atom. The monoisotopic (exact) mass is 426 g/mol. The van der Waals surface area contributed by atoms with Crippen LogP contribution < -0.4 is 20.7 Å². The van der Waals surface area contributed by atoms with E-state index in [0.29, 0.717) is 35.8 Å². The van der Waals surface area contributed by atoms with Crippen LogP contribution in [0.25, 0.3) is 0 Å². The summed E-state index contributed by atoms with van der Waals surface area (Å²) < 4.78 is 6.18. The van der Waals surface area contributed by atoms with E-state index in [0.717, 1.165) is 0 Å². The predicted octanol–water partition coefficient (Wildman–Crippen LogP) is 2.77. The zero-order chi connectivity index (χ0) is 22.4. The normalized spacial score (nSPS) is 19.5. The van der Waals surface area contributed by atoms with Gasteiger partial charge >= 0.3 is 6.03 Å². The lowest BCUT2D eigenvalue weighted by atomic mass is 9.99. The van der Waals surface area contributed by atoms with Gasteiger partial charge in [0.05, 0.1) is 18.2 Å². The first kappa shape index (κ1) is 22.6. The van der Waals surface area contributed by atoms with Crippen molar-refractivity contribution < 1.29 is 19.4 Å². The second-order valence-electron chi connectivity index (χ2n) is 7.84. The molecule has 166 valence electrons. The Kier molecular flexibility index (Phi) is 7.49. The molecular weight excluding hydrogens is 396 g/mol. The number of fused-ring (bicyclic) bond motifs is 1. The number of likely N-dealkylation sites (N-methyl/N-ethyl adjacent to an activating group) is 1. The summed E-state index contributed by atoms with van der Waals surface area (Å²) in [5.74, 6) is 0.285. The molecule has 2 aromatic carbocycles. The molecule has 0 aliphatic carbocycles. The Hall–Kier alpha value is -3.10. The van der Waals surface area contributed by atoms with E-state index in [1.807, 2.05) is 39.1 Å². The largest absolute Gasteiger partial charge is 0.488 e. The Morgan fingerprint density at radius 3 is 2.58 bits per heavy atom. The van der Waals surface area contributed by atoms with Gasteiger partial charge in [-0.1, -0.05) is 25.1 Å². The number of anilines is 2. The third-order valence-electron chi connectivity index (χ3n) is 5.36. The van der Waals surface area contributed by atoms with Crippen molar-refractivity contribution in [1.29, 1.82) is 0 Å². The third-order valence-corrected chi connectivity index (χ3v) is 5.36. The molecule has 0 radical (unpaired) electrons. The highest BCUT2D eigenvalue weighted by atomic mass is 16.5. The Bertz CT molecular complexity index is 906. The Balaban J connectivity index is 1.87. The third kappa shape index (κ3) is 5.53. The second-order valence-corrected chi connectivity index (χ2v) is 7.84. The summed E-state index contributed by atoms with van der Waals surface area (Å²) in [5, 5.41) is 18.3. The van der Waals surface area contributed by atoms with Crippen molar-refractivity contribution in [2.75, 3.05) is 37.4 Å². The number of amides is 3. The molecule has 2 aromatic rings. The predicted molar refractivity (Wildman–Crippen MR) is 121 cm³/mol. The molecule has 4 N–H and O–H groups in total. The van der Waals surface area contributed by atoms with Crippen molar-refractivity contribution in [2.24, 2.45) is 5.92 Å². The number of nitrogens with zero attached hydrogens (tertiary/aromatic N) is 1. The van der Waals surface area contributed by atoms with Gasteiger partial charge in [-0.15, -0.1) is 0 Å². The Morgan fingerprint density at radius 2 is 1.90 bits per heavy atom. The lowest BCUT2D eigenvalue weighted by Crippen LogP contribution is -2.49. The maximum atomic E-state index is 13.3. The van der Waals surface area contributed by atoms with E-state index in [2.05, 4.69) is 16.0 Å². The summed E-state index contributed by atoms with van der Waals surface area (Å²) in [7, 11) is 1.85. The van der Waals surface area contributed by atoms with Gasteiger partial charge in [-0.2, -0.15) is 0 Å². The van der Waals surface area contributed by atoms with Crippen LogP contribution in [0.5, 0.6) is 5.75 Å². The first-order chi connectivity index (χ1) is 14.9. The van der Waals surface area contributed by atoms with Crippen molar-refractivity contribution in [2.45, 2.75) is 26.0 Å². The summed E-state index contributed by atoms with van der Waals surface area (Å²) >= 11 is 0. The second kappa shape index (κ2) is 10.3. The van der Waals surface area contributed by atoms with Crippen LogP contribution in [0.4, 0.5) is 16.2 Å². The number of urea groups is 1. The number of para-hydroxylation sites is 1.